The monoisotopic (exact) mass is 360 g/mol. The molecule has 5 nitrogen and oxygen atoms in total. The Bertz CT molecular complexity index is 929. The number of aromatic nitrogens is 4. The van der Waals surface area contributed by atoms with E-state index in [1.807, 2.05) is 31.2 Å². The standard InChI is InChI=1S/C17H14F2N4OS/c1-10-4-3-5-13(8-10)23-17(20-21-22-23)25-11(2)16(24)14-9-12(18)6-7-15(14)19/h3-9,11H,1-2H3. The van der Waals surface area contributed by atoms with Gasteiger partial charge >= 0.3 is 0 Å². The van der Waals surface area contributed by atoms with E-state index in [0.717, 1.165) is 41.2 Å². The molecule has 0 saturated carbocycles. The smallest absolute Gasteiger partial charge is 0.214 e. The molecule has 0 fully saturated rings. The zero-order valence-corrected chi connectivity index (χ0v) is 14.3. The summed E-state index contributed by atoms with van der Waals surface area (Å²) in [6, 6.07) is 10.4. The number of halogens is 2. The summed E-state index contributed by atoms with van der Waals surface area (Å²) in [5, 5.41) is 11.2. The van der Waals surface area contributed by atoms with Crippen molar-refractivity contribution in [1.29, 1.82) is 0 Å². The van der Waals surface area contributed by atoms with Crippen molar-refractivity contribution in [3.8, 4) is 5.69 Å². The highest BCUT2D eigenvalue weighted by Crippen LogP contribution is 2.26. The van der Waals surface area contributed by atoms with Gasteiger partial charge in [-0.3, -0.25) is 4.79 Å². The first-order chi connectivity index (χ1) is 12.0. The maximum atomic E-state index is 13.8. The Morgan fingerprint density at radius 3 is 2.76 bits per heavy atom. The molecule has 0 saturated heterocycles. The first kappa shape index (κ1) is 17.2. The summed E-state index contributed by atoms with van der Waals surface area (Å²) < 4.78 is 28.6. The molecule has 2 aromatic carbocycles. The lowest BCUT2D eigenvalue weighted by molar-refractivity contribution is 0.0989. The molecule has 0 aliphatic carbocycles. The van der Waals surface area contributed by atoms with Gasteiger partial charge in [-0.25, -0.2) is 8.78 Å². The zero-order valence-electron chi connectivity index (χ0n) is 13.5. The maximum absolute atomic E-state index is 13.8. The molecule has 0 aliphatic heterocycles. The summed E-state index contributed by atoms with van der Waals surface area (Å²) >= 11 is 1.08. The van der Waals surface area contributed by atoms with Crippen LogP contribution in [0.4, 0.5) is 8.78 Å². The first-order valence-corrected chi connectivity index (χ1v) is 8.35. The van der Waals surface area contributed by atoms with Crippen LogP contribution < -0.4 is 0 Å². The van der Waals surface area contributed by atoms with E-state index in [2.05, 4.69) is 15.5 Å². The number of rotatable bonds is 5. The second kappa shape index (κ2) is 7.10. The predicted molar refractivity (Wildman–Crippen MR) is 89.9 cm³/mol. The highest BCUT2D eigenvalue weighted by Gasteiger charge is 2.23. The Kier molecular flexibility index (Phi) is 4.89. The van der Waals surface area contributed by atoms with Crippen LogP contribution in [-0.2, 0) is 0 Å². The first-order valence-electron chi connectivity index (χ1n) is 7.47. The van der Waals surface area contributed by atoms with E-state index < -0.39 is 22.7 Å². The molecule has 3 aromatic rings. The second-order valence-corrected chi connectivity index (χ2v) is 6.77. The van der Waals surface area contributed by atoms with Gasteiger partial charge in [0, 0.05) is 0 Å². The summed E-state index contributed by atoms with van der Waals surface area (Å²) in [5.74, 6) is -1.94. The van der Waals surface area contributed by atoms with Gasteiger partial charge in [0.25, 0.3) is 0 Å². The van der Waals surface area contributed by atoms with Gasteiger partial charge in [-0.05, 0) is 60.2 Å². The van der Waals surface area contributed by atoms with E-state index in [1.165, 1.54) is 4.68 Å². The molecule has 0 aliphatic rings. The summed E-state index contributed by atoms with van der Waals surface area (Å²) in [7, 11) is 0. The van der Waals surface area contributed by atoms with E-state index in [0.29, 0.717) is 5.16 Å². The number of hydrogen-bond acceptors (Lipinski definition) is 5. The fourth-order valence-electron chi connectivity index (χ4n) is 2.29. The molecule has 1 aromatic heterocycles. The van der Waals surface area contributed by atoms with E-state index in [4.69, 9.17) is 0 Å². The number of Topliss-reactive ketones (excluding diaryl/α,β-unsaturated/α-hetero) is 1. The summed E-state index contributed by atoms with van der Waals surface area (Å²) in [6.07, 6.45) is 0. The molecule has 0 N–H and O–H groups in total. The van der Waals surface area contributed by atoms with Crippen molar-refractivity contribution in [2.75, 3.05) is 0 Å². The third kappa shape index (κ3) is 3.74. The molecule has 1 unspecified atom stereocenters. The highest BCUT2D eigenvalue weighted by atomic mass is 32.2. The number of thioether (sulfide) groups is 1. The van der Waals surface area contributed by atoms with Gasteiger partial charge in [0.15, 0.2) is 5.78 Å². The lowest BCUT2D eigenvalue weighted by atomic mass is 10.1. The number of hydrogen-bond donors (Lipinski definition) is 0. The van der Waals surface area contributed by atoms with Crippen LogP contribution in [0.15, 0.2) is 47.6 Å². The Labute approximate surface area is 147 Å². The molecule has 0 bridgehead atoms. The van der Waals surface area contributed by atoms with Crippen LogP contribution >= 0.6 is 11.8 Å². The fraction of sp³-hybridized carbons (Fsp3) is 0.176. The number of nitrogens with zero attached hydrogens (tertiary/aromatic N) is 4. The van der Waals surface area contributed by atoms with Gasteiger partial charge in [0.05, 0.1) is 16.5 Å². The fourth-order valence-corrected chi connectivity index (χ4v) is 3.17. The average molecular weight is 360 g/mol. The van der Waals surface area contributed by atoms with Gasteiger partial charge in [0.1, 0.15) is 11.6 Å². The van der Waals surface area contributed by atoms with E-state index in [9.17, 15) is 13.6 Å². The van der Waals surface area contributed by atoms with Crippen LogP contribution in [-0.4, -0.2) is 31.2 Å². The van der Waals surface area contributed by atoms with Gasteiger partial charge < -0.3 is 0 Å². The minimum atomic E-state index is -0.753. The topological polar surface area (TPSA) is 60.7 Å². The molecule has 1 heterocycles. The number of carbonyl (C=O) groups excluding carboxylic acids is 1. The summed E-state index contributed by atoms with van der Waals surface area (Å²) in [6.45, 7) is 3.55. The summed E-state index contributed by atoms with van der Waals surface area (Å²) in [5.41, 5.74) is 1.51. The van der Waals surface area contributed by atoms with E-state index in [-0.39, 0.29) is 5.56 Å². The lowest BCUT2D eigenvalue weighted by Crippen LogP contribution is -2.16. The number of ketones is 1. The molecular formula is C17H14F2N4OS. The summed E-state index contributed by atoms with van der Waals surface area (Å²) in [4.78, 5) is 12.4. The molecule has 3 rings (SSSR count). The Hall–Kier alpha value is -2.61. The Balaban J connectivity index is 1.85. The molecule has 0 radical (unpaired) electrons. The molecule has 25 heavy (non-hydrogen) atoms. The Morgan fingerprint density at radius 2 is 2.00 bits per heavy atom. The Morgan fingerprint density at radius 1 is 1.20 bits per heavy atom. The van der Waals surface area contributed by atoms with Crippen LogP contribution in [0.5, 0.6) is 0 Å². The average Bonchev–Trinajstić information content (AvgIpc) is 3.04. The van der Waals surface area contributed by atoms with Gasteiger partial charge in [-0.2, -0.15) is 4.68 Å². The molecular weight excluding hydrogens is 346 g/mol. The van der Waals surface area contributed by atoms with Crippen molar-refractivity contribution < 1.29 is 13.6 Å². The normalized spacial score (nSPS) is 12.2. The number of tetrazole rings is 1. The third-order valence-corrected chi connectivity index (χ3v) is 4.57. The molecule has 1 atom stereocenters. The SMILES string of the molecule is Cc1cccc(-n2nnnc2SC(C)C(=O)c2cc(F)ccc2F)c1. The number of benzene rings is 2. The predicted octanol–water partition coefficient (Wildman–Crippen LogP) is 3.61. The van der Waals surface area contributed by atoms with E-state index in [1.54, 1.807) is 6.92 Å². The third-order valence-electron chi connectivity index (χ3n) is 3.53. The van der Waals surface area contributed by atoms with Crippen LogP contribution in [0.2, 0.25) is 0 Å². The second-order valence-electron chi connectivity index (χ2n) is 5.46. The van der Waals surface area contributed by atoms with Gasteiger partial charge in [-0.15, -0.1) is 5.10 Å². The molecule has 8 heteroatoms. The van der Waals surface area contributed by atoms with Gasteiger partial charge in [-0.1, -0.05) is 23.9 Å². The van der Waals surface area contributed by atoms with Crippen LogP contribution in [0.3, 0.4) is 0 Å². The minimum absolute atomic E-state index is 0.283. The largest absolute Gasteiger partial charge is 0.293 e. The van der Waals surface area contributed by atoms with Crippen LogP contribution in [0.1, 0.15) is 22.8 Å². The highest BCUT2D eigenvalue weighted by molar-refractivity contribution is 8.00. The van der Waals surface area contributed by atoms with Crippen LogP contribution in [0.25, 0.3) is 5.69 Å². The van der Waals surface area contributed by atoms with E-state index >= 15 is 0 Å². The number of carbonyl (C=O) groups is 1. The maximum Gasteiger partial charge on any atom is 0.214 e. The minimum Gasteiger partial charge on any atom is -0.293 e. The van der Waals surface area contributed by atoms with Crippen LogP contribution in [0, 0.1) is 18.6 Å². The molecule has 0 amide bonds. The van der Waals surface area contributed by atoms with Crippen molar-refractivity contribution in [3.63, 3.8) is 0 Å². The molecule has 0 spiro atoms. The van der Waals surface area contributed by atoms with Crippen molar-refractivity contribution in [3.05, 3.63) is 65.2 Å². The van der Waals surface area contributed by atoms with Crippen molar-refractivity contribution in [1.82, 2.24) is 20.2 Å². The van der Waals surface area contributed by atoms with Crippen molar-refractivity contribution in [2.24, 2.45) is 0 Å². The van der Waals surface area contributed by atoms with Crippen molar-refractivity contribution >= 4 is 17.5 Å². The van der Waals surface area contributed by atoms with Gasteiger partial charge in [0.2, 0.25) is 5.16 Å². The molecule has 128 valence electrons. The van der Waals surface area contributed by atoms with Crippen molar-refractivity contribution in [2.45, 2.75) is 24.3 Å². The lowest BCUT2D eigenvalue weighted by Gasteiger charge is -2.11. The zero-order chi connectivity index (χ0) is 18.0. The number of aryl methyl sites for hydroxylation is 1. The quantitative estimate of drug-likeness (QED) is 0.514.